The van der Waals surface area contributed by atoms with E-state index in [0.717, 1.165) is 0 Å². The van der Waals surface area contributed by atoms with E-state index < -0.39 is 0 Å². The Bertz CT molecular complexity index is 226. The quantitative estimate of drug-likeness (QED) is 0.182. The molecule has 0 aliphatic carbocycles. The average Bonchev–Trinajstić information content (AvgIpc) is 2.57. The molecule has 0 amide bonds. The molecule has 0 N–H and O–H groups in total. The van der Waals surface area contributed by atoms with Gasteiger partial charge in [-0.05, 0) is 44.9 Å². The summed E-state index contributed by atoms with van der Waals surface area (Å²) in [5, 5.41) is 0. The van der Waals surface area contributed by atoms with Gasteiger partial charge in [-0.2, -0.15) is 0 Å². The summed E-state index contributed by atoms with van der Waals surface area (Å²) in [6.45, 7) is 15.2. The fourth-order valence-electron chi connectivity index (χ4n) is 3.79. The van der Waals surface area contributed by atoms with Crippen LogP contribution in [-0.4, -0.2) is 30.7 Å². The summed E-state index contributed by atoms with van der Waals surface area (Å²) in [5.41, 5.74) is 0. The van der Waals surface area contributed by atoms with Crippen molar-refractivity contribution in [1.82, 2.24) is 0 Å². The van der Waals surface area contributed by atoms with Gasteiger partial charge in [0.25, 0.3) is 0 Å². The molecule has 0 rings (SSSR count). The first-order valence-electron chi connectivity index (χ1n) is 11.1. The molecule has 0 aromatic carbocycles. The first kappa shape index (κ1) is 23.0. The van der Waals surface area contributed by atoms with Crippen LogP contribution in [0.4, 0.5) is 0 Å². The molecule has 23 heavy (non-hydrogen) atoms. The van der Waals surface area contributed by atoms with E-state index in [4.69, 9.17) is 0 Å². The lowest BCUT2D eigenvalue weighted by Crippen LogP contribution is -2.50. The molecule has 0 aromatic rings. The van der Waals surface area contributed by atoms with Crippen LogP contribution >= 0.6 is 0 Å². The number of quaternary nitrogens is 1. The van der Waals surface area contributed by atoms with Crippen LogP contribution in [0.25, 0.3) is 0 Å². The van der Waals surface area contributed by atoms with Crippen molar-refractivity contribution in [2.45, 2.75) is 118 Å². The Hall–Kier alpha value is -0.0400. The van der Waals surface area contributed by atoms with Crippen LogP contribution in [0.2, 0.25) is 0 Å². The molecule has 1 heteroatoms. The lowest BCUT2D eigenvalue weighted by molar-refractivity contribution is -0.929. The van der Waals surface area contributed by atoms with Gasteiger partial charge >= 0.3 is 0 Å². The molecule has 140 valence electrons. The fourth-order valence-corrected chi connectivity index (χ4v) is 3.79. The monoisotopic (exact) mass is 326 g/mol. The zero-order chi connectivity index (χ0) is 17.2. The molecule has 0 spiro atoms. The van der Waals surface area contributed by atoms with Crippen molar-refractivity contribution in [2.75, 3.05) is 26.2 Å². The molecule has 0 aliphatic heterocycles. The molecule has 0 aliphatic rings. The minimum absolute atomic E-state index is 1.36. The van der Waals surface area contributed by atoms with Crippen molar-refractivity contribution in [3.8, 4) is 0 Å². The SMILES string of the molecule is CCCCCCC[N+](CCCC)(CCCCC)CCCCCC. The van der Waals surface area contributed by atoms with Crippen LogP contribution in [0.5, 0.6) is 0 Å². The van der Waals surface area contributed by atoms with Crippen LogP contribution in [0.3, 0.4) is 0 Å². The maximum Gasteiger partial charge on any atom is 0.0786 e. The van der Waals surface area contributed by atoms with Crippen LogP contribution in [-0.2, 0) is 0 Å². The molecule has 0 saturated heterocycles. The summed E-state index contributed by atoms with van der Waals surface area (Å²) in [4.78, 5) is 0. The van der Waals surface area contributed by atoms with Crippen molar-refractivity contribution >= 4 is 0 Å². The van der Waals surface area contributed by atoms with E-state index in [2.05, 4.69) is 27.7 Å². The molecule has 1 atom stereocenters. The van der Waals surface area contributed by atoms with E-state index in [-0.39, 0.29) is 0 Å². The third-order valence-electron chi connectivity index (χ3n) is 5.44. The van der Waals surface area contributed by atoms with Gasteiger partial charge in [-0.25, -0.2) is 0 Å². The molecule has 0 heterocycles. The minimum atomic E-state index is 1.36. The largest absolute Gasteiger partial charge is 0.324 e. The van der Waals surface area contributed by atoms with Crippen molar-refractivity contribution in [1.29, 1.82) is 0 Å². The van der Waals surface area contributed by atoms with E-state index in [1.54, 1.807) is 0 Å². The molecule has 1 unspecified atom stereocenters. The summed E-state index contributed by atoms with van der Waals surface area (Å²) < 4.78 is 1.45. The smallest absolute Gasteiger partial charge is 0.0786 e. The van der Waals surface area contributed by atoms with E-state index >= 15 is 0 Å². The zero-order valence-electron chi connectivity index (χ0n) is 17.2. The highest BCUT2D eigenvalue weighted by atomic mass is 15.3. The average molecular weight is 327 g/mol. The summed E-state index contributed by atoms with van der Waals surface area (Å²) in [6, 6.07) is 0. The first-order valence-corrected chi connectivity index (χ1v) is 11.1. The molecular formula is C22H48N+. The van der Waals surface area contributed by atoms with Gasteiger partial charge < -0.3 is 4.48 Å². The Labute approximate surface area is 148 Å². The molecule has 0 bridgehead atoms. The van der Waals surface area contributed by atoms with Crippen LogP contribution in [0.15, 0.2) is 0 Å². The van der Waals surface area contributed by atoms with Gasteiger partial charge in [0.1, 0.15) is 0 Å². The number of nitrogens with zero attached hydrogens (tertiary/aromatic N) is 1. The summed E-state index contributed by atoms with van der Waals surface area (Å²) >= 11 is 0. The fraction of sp³-hybridized carbons (Fsp3) is 1.00. The Morgan fingerprint density at radius 2 is 0.652 bits per heavy atom. The topological polar surface area (TPSA) is 0 Å². The Balaban J connectivity index is 4.47. The van der Waals surface area contributed by atoms with Crippen LogP contribution < -0.4 is 0 Å². The summed E-state index contributed by atoms with van der Waals surface area (Å²) in [5.74, 6) is 0. The molecule has 0 fully saturated rings. The normalized spacial score (nSPS) is 14.1. The van der Waals surface area contributed by atoms with Crippen molar-refractivity contribution in [3.05, 3.63) is 0 Å². The number of unbranched alkanes of at least 4 members (excludes halogenated alkanes) is 10. The number of hydrogen-bond donors (Lipinski definition) is 0. The molecule has 0 radical (unpaired) electrons. The van der Waals surface area contributed by atoms with Gasteiger partial charge in [0.05, 0.1) is 26.2 Å². The van der Waals surface area contributed by atoms with Gasteiger partial charge in [0.2, 0.25) is 0 Å². The Morgan fingerprint density at radius 1 is 0.348 bits per heavy atom. The highest BCUT2D eigenvalue weighted by Crippen LogP contribution is 2.18. The first-order chi connectivity index (χ1) is 11.2. The standard InChI is InChI=1S/C22H48N/c1-5-9-13-15-18-22-23(19-12-8-4,20-16-11-7-3)21-17-14-10-6-2/h5-22H2,1-4H3/q+1. The second kappa shape index (κ2) is 16.8. The van der Waals surface area contributed by atoms with Gasteiger partial charge in [0, 0.05) is 0 Å². The molecule has 1 nitrogen and oxygen atoms in total. The van der Waals surface area contributed by atoms with Gasteiger partial charge in [0.15, 0.2) is 0 Å². The Morgan fingerprint density at radius 3 is 1.13 bits per heavy atom. The maximum absolute atomic E-state index is 2.36. The van der Waals surface area contributed by atoms with E-state index in [0.29, 0.717) is 0 Å². The third-order valence-corrected chi connectivity index (χ3v) is 5.44. The van der Waals surface area contributed by atoms with Gasteiger partial charge in [-0.1, -0.05) is 72.6 Å². The lowest BCUT2D eigenvalue weighted by Gasteiger charge is -2.39. The second-order valence-corrected chi connectivity index (χ2v) is 7.77. The molecular weight excluding hydrogens is 278 g/mol. The van der Waals surface area contributed by atoms with Crippen molar-refractivity contribution in [2.24, 2.45) is 0 Å². The zero-order valence-corrected chi connectivity index (χ0v) is 17.2. The van der Waals surface area contributed by atoms with Crippen LogP contribution in [0, 0.1) is 0 Å². The lowest BCUT2D eigenvalue weighted by atomic mass is 10.1. The number of hydrogen-bond acceptors (Lipinski definition) is 0. The summed E-state index contributed by atoms with van der Waals surface area (Å²) in [7, 11) is 0. The molecule has 0 aromatic heterocycles. The summed E-state index contributed by atoms with van der Waals surface area (Å²) in [6.07, 6.45) is 19.9. The van der Waals surface area contributed by atoms with Gasteiger partial charge in [-0.15, -0.1) is 0 Å². The highest BCUT2D eigenvalue weighted by Gasteiger charge is 2.25. The second-order valence-electron chi connectivity index (χ2n) is 7.77. The Kier molecular flexibility index (Phi) is 16.8. The predicted octanol–water partition coefficient (Wildman–Crippen LogP) is 7.34. The number of rotatable bonds is 18. The van der Waals surface area contributed by atoms with E-state index in [1.165, 1.54) is 121 Å². The predicted molar refractivity (Wildman–Crippen MR) is 107 cm³/mol. The van der Waals surface area contributed by atoms with E-state index in [9.17, 15) is 0 Å². The van der Waals surface area contributed by atoms with Crippen molar-refractivity contribution in [3.63, 3.8) is 0 Å². The van der Waals surface area contributed by atoms with E-state index in [1.807, 2.05) is 0 Å². The van der Waals surface area contributed by atoms with Crippen molar-refractivity contribution < 1.29 is 4.48 Å². The highest BCUT2D eigenvalue weighted by molar-refractivity contribution is 4.52. The van der Waals surface area contributed by atoms with Crippen LogP contribution in [0.1, 0.15) is 118 Å². The minimum Gasteiger partial charge on any atom is -0.324 e. The maximum atomic E-state index is 2.36. The molecule has 0 saturated carbocycles. The van der Waals surface area contributed by atoms with Gasteiger partial charge in [-0.3, -0.25) is 0 Å². The third kappa shape index (κ3) is 13.0.